The molecule has 0 heterocycles. The van der Waals surface area contributed by atoms with Crippen LogP contribution in [-0.2, 0) is 4.79 Å². The lowest BCUT2D eigenvalue weighted by atomic mass is 10.00. The van der Waals surface area contributed by atoms with E-state index in [0.717, 1.165) is 51.4 Å². The molecule has 0 saturated carbocycles. The van der Waals surface area contributed by atoms with Gasteiger partial charge in [0.05, 0.1) is 18.8 Å². The smallest absolute Gasteiger partial charge is 0.249 e. The number of allylic oxidation sites excluding steroid dienone is 6. The van der Waals surface area contributed by atoms with Crippen molar-refractivity contribution in [1.29, 1.82) is 0 Å². The van der Waals surface area contributed by atoms with Gasteiger partial charge in [-0.3, -0.25) is 4.79 Å². The molecule has 0 aliphatic rings. The zero-order valence-corrected chi connectivity index (χ0v) is 36.4. The molecule has 0 aliphatic heterocycles. The highest BCUT2D eigenvalue weighted by Crippen LogP contribution is 2.16. The monoisotopic (exact) mass is 776 g/mol. The fourth-order valence-electron chi connectivity index (χ4n) is 7.26. The van der Waals surface area contributed by atoms with E-state index in [-0.39, 0.29) is 0 Å². The Hall–Kier alpha value is -1.47. The number of carbonyl (C=O) groups excluding carboxylic acids is 1. The van der Waals surface area contributed by atoms with E-state index < -0.39 is 36.9 Å². The molecule has 6 heteroatoms. The molecular weight excluding hydrogens is 683 g/mol. The van der Waals surface area contributed by atoms with Crippen molar-refractivity contribution in [2.24, 2.45) is 0 Å². The summed E-state index contributed by atoms with van der Waals surface area (Å²) < 4.78 is 0. The Bertz CT molecular complexity index is 873. The molecule has 4 unspecified atom stereocenters. The van der Waals surface area contributed by atoms with E-state index in [4.69, 9.17) is 0 Å². The van der Waals surface area contributed by atoms with Crippen LogP contribution in [0.15, 0.2) is 36.5 Å². The molecule has 0 aromatic heterocycles. The maximum absolute atomic E-state index is 12.4. The molecule has 0 aromatic rings. The van der Waals surface area contributed by atoms with E-state index >= 15 is 0 Å². The van der Waals surface area contributed by atoms with Gasteiger partial charge in [-0.25, -0.2) is 0 Å². The van der Waals surface area contributed by atoms with Crippen molar-refractivity contribution < 1.29 is 25.2 Å². The first-order valence-corrected chi connectivity index (χ1v) is 23.9. The number of unbranched alkanes of at least 4 members (excludes halogenated alkanes) is 28. The minimum Gasteiger partial charge on any atom is -0.394 e. The van der Waals surface area contributed by atoms with E-state index in [1.165, 1.54) is 154 Å². The minimum absolute atomic E-state index is 0.359. The number of hydrogen-bond acceptors (Lipinski definition) is 5. The van der Waals surface area contributed by atoms with Crippen LogP contribution in [0.4, 0.5) is 0 Å². The van der Waals surface area contributed by atoms with E-state index in [0.29, 0.717) is 19.3 Å². The number of aliphatic hydroxyl groups is 4. The average Bonchev–Trinajstić information content (AvgIpc) is 3.19. The summed E-state index contributed by atoms with van der Waals surface area (Å²) in [6, 6.07) is -1.01. The Kier molecular flexibility index (Phi) is 42.5. The fraction of sp³-hybridized carbons (Fsp3) is 0.857. The van der Waals surface area contributed by atoms with Crippen molar-refractivity contribution in [2.75, 3.05) is 6.61 Å². The van der Waals surface area contributed by atoms with Crippen molar-refractivity contribution in [2.45, 2.75) is 263 Å². The van der Waals surface area contributed by atoms with Gasteiger partial charge >= 0.3 is 0 Å². The zero-order chi connectivity index (χ0) is 40.3. The summed E-state index contributed by atoms with van der Waals surface area (Å²) in [5.74, 6) is -0.601. The number of rotatable bonds is 43. The highest BCUT2D eigenvalue weighted by molar-refractivity contribution is 5.80. The van der Waals surface area contributed by atoms with Crippen LogP contribution in [-0.4, -0.2) is 57.3 Å². The lowest BCUT2D eigenvalue weighted by molar-refractivity contribution is -0.132. The van der Waals surface area contributed by atoms with Gasteiger partial charge in [-0.05, 0) is 64.2 Å². The summed E-state index contributed by atoms with van der Waals surface area (Å²) in [6.45, 7) is 4.02. The van der Waals surface area contributed by atoms with Crippen LogP contribution in [0.3, 0.4) is 0 Å². The number of hydrogen-bond donors (Lipinski definition) is 5. The van der Waals surface area contributed by atoms with E-state index in [1.54, 1.807) is 0 Å². The molecule has 0 radical (unpaired) electrons. The molecule has 4 atom stereocenters. The van der Waals surface area contributed by atoms with Crippen LogP contribution < -0.4 is 5.32 Å². The molecule has 1 amide bonds. The predicted molar refractivity (Wildman–Crippen MR) is 237 cm³/mol. The van der Waals surface area contributed by atoms with Gasteiger partial charge in [0.15, 0.2) is 0 Å². The standard InChI is InChI=1S/C49H93NO5/c1-3-5-7-9-11-13-15-16-17-18-19-20-21-22-23-24-25-26-27-28-29-30-31-32-33-35-36-38-40-42-46(52)48(54)45(44-51)50-49(55)47(53)43-41-39-37-34-14-12-10-8-6-4-2/h26-27,30-31,35-36,45-48,51-54H,3-25,28-29,32-34,37-44H2,1-2H3,(H,50,55)/b27-26+,31-30+,36-35+. The van der Waals surface area contributed by atoms with Crippen LogP contribution in [0.25, 0.3) is 0 Å². The predicted octanol–water partition coefficient (Wildman–Crippen LogP) is 12.9. The van der Waals surface area contributed by atoms with Gasteiger partial charge in [-0.15, -0.1) is 0 Å². The molecule has 0 spiro atoms. The number of aliphatic hydroxyl groups excluding tert-OH is 4. The second-order valence-electron chi connectivity index (χ2n) is 16.4. The van der Waals surface area contributed by atoms with E-state index in [1.807, 2.05) is 0 Å². The average molecular weight is 776 g/mol. The minimum atomic E-state index is -1.29. The van der Waals surface area contributed by atoms with Gasteiger partial charge in [0.1, 0.15) is 12.2 Å². The van der Waals surface area contributed by atoms with Crippen LogP contribution in [0.2, 0.25) is 0 Å². The molecule has 324 valence electrons. The van der Waals surface area contributed by atoms with Crippen LogP contribution in [0.1, 0.15) is 239 Å². The molecule has 0 rings (SSSR count). The third-order valence-corrected chi connectivity index (χ3v) is 11.1. The highest BCUT2D eigenvalue weighted by Gasteiger charge is 2.28. The van der Waals surface area contributed by atoms with Gasteiger partial charge < -0.3 is 25.7 Å². The van der Waals surface area contributed by atoms with Crippen LogP contribution in [0.5, 0.6) is 0 Å². The normalized spacial score (nSPS) is 14.4. The van der Waals surface area contributed by atoms with Gasteiger partial charge in [-0.2, -0.15) is 0 Å². The number of amides is 1. The second-order valence-corrected chi connectivity index (χ2v) is 16.4. The van der Waals surface area contributed by atoms with Crippen LogP contribution in [0, 0.1) is 0 Å². The van der Waals surface area contributed by atoms with Gasteiger partial charge in [-0.1, -0.05) is 211 Å². The molecule has 55 heavy (non-hydrogen) atoms. The van der Waals surface area contributed by atoms with Crippen molar-refractivity contribution >= 4 is 5.91 Å². The number of nitrogens with one attached hydrogen (secondary N) is 1. The fourth-order valence-corrected chi connectivity index (χ4v) is 7.26. The third kappa shape index (κ3) is 37.8. The Labute approximate surface area is 341 Å². The second kappa shape index (κ2) is 43.6. The summed E-state index contributed by atoms with van der Waals surface area (Å²) in [5, 5.41) is 43.5. The Balaban J connectivity index is 3.71. The first kappa shape index (κ1) is 53.5. The van der Waals surface area contributed by atoms with Crippen molar-refractivity contribution in [3.63, 3.8) is 0 Å². The summed E-state index contributed by atoms with van der Waals surface area (Å²) in [4.78, 5) is 12.4. The Morgan fingerprint density at radius 2 is 0.764 bits per heavy atom. The van der Waals surface area contributed by atoms with Gasteiger partial charge in [0.25, 0.3) is 0 Å². The number of carbonyl (C=O) groups is 1. The summed E-state index contributed by atoms with van der Waals surface area (Å²) in [6.07, 6.45) is 52.1. The Morgan fingerprint density at radius 3 is 1.15 bits per heavy atom. The SMILES string of the molecule is CCCCCCCCCCCCCCCCCC/C=C/CC/C=C/CC/C=C/CCCC(O)C(O)C(CO)NC(=O)C(O)CCCCCCCCCCCC. The van der Waals surface area contributed by atoms with Crippen molar-refractivity contribution in [3.05, 3.63) is 36.5 Å². The van der Waals surface area contributed by atoms with Gasteiger partial charge in [0.2, 0.25) is 5.91 Å². The molecule has 0 aliphatic carbocycles. The van der Waals surface area contributed by atoms with Crippen molar-refractivity contribution in [3.8, 4) is 0 Å². The first-order chi connectivity index (χ1) is 27.0. The first-order valence-electron chi connectivity index (χ1n) is 23.9. The van der Waals surface area contributed by atoms with Crippen LogP contribution >= 0.6 is 0 Å². The lowest BCUT2D eigenvalue weighted by Crippen LogP contribution is -2.53. The maximum Gasteiger partial charge on any atom is 0.249 e. The van der Waals surface area contributed by atoms with E-state index in [9.17, 15) is 25.2 Å². The highest BCUT2D eigenvalue weighted by atomic mass is 16.3. The quantitative estimate of drug-likeness (QED) is 0.0313. The maximum atomic E-state index is 12.4. The summed E-state index contributed by atoms with van der Waals surface area (Å²) in [5.41, 5.74) is 0. The lowest BCUT2D eigenvalue weighted by Gasteiger charge is -2.27. The topological polar surface area (TPSA) is 110 Å². The molecular formula is C49H93NO5. The Morgan fingerprint density at radius 1 is 0.436 bits per heavy atom. The molecule has 0 aromatic carbocycles. The largest absolute Gasteiger partial charge is 0.394 e. The zero-order valence-electron chi connectivity index (χ0n) is 36.4. The molecule has 6 nitrogen and oxygen atoms in total. The molecule has 0 fully saturated rings. The van der Waals surface area contributed by atoms with Gasteiger partial charge in [0, 0.05) is 0 Å². The molecule has 0 saturated heterocycles. The summed E-state index contributed by atoms with van der Waals surface area (Å²) >= 11 is 0. The molecule has 5 N–H and O–H groups in total. The van der Waals surface area contributed by atoms with E-state index in [2.05, 4.69) is 55.6 Å². The summed E-state index contributed by atoms with van der Waals surface area (Å²) in [7, 11) is 0. The third-order valence-electron chi connectivity index (χ3n) is 11.1. The molecule has 0 bridgehead atoms. The van der Waals surface area contributed by atoms with Crippen molar-refractivity contribution in [1.82, 2.24) is 5.32 Å².